The highest BCUT2D eigenvalue weighted by atomic mass is 127. The number of thioether (sulfide) groups is 1. The van der Waals surface area contributed by atoms with Gasteiger partial charge in [0.1, 0.15) is 6.61 Å². The lowest BCUT2D eigenvalue weighted by atomic mass is 10.2. The summed E-state index contributed by atoms with van der Waals surface area (Å²) in [6, 6.07) is 13.3. The monoisotopic (exact) mass is 562 g/mol. The molecule has 0 radical (unpaired) electrons. The van der Waals surface area contributed by atoms with Crippen molar-refractivity contribution in [1.82, 2.24) is 4.90 Å². The summed E-state index contributed by atoms with van der Waals surface area (Å²) in [7, 11) is 1.61. The molecule has 32 heavy (non-hydrogen) atoms. The molecule has 0 aliphatic carbocycles. The SMILES string of the molecule is C#CCOc1c(I)cc(C=C2SC(=Nc3ccccc3)N(CCOC)C2=O)cc1OCC. The molecular formula is C24H23IN2O4S. The number of ether oxygens (including phenoxy) is 3. The Morgan fingerprint density at radius 3 is 2.72 bits per heavy atom. The zero-order valence-corrected chi connectivity index (χ0v) is 20.8. The first-order valence-corrected chi connectivity index (χ1v) is 11.8. The number of hydrogen-bond acceptors (Lipinski definition) is 6. The molecular weight excluding hydrogens is 539 g/mol. The van der Waals surface area contributed by atoms with E-state index in [1.807, 2.05) is 55.5 Å². The van der Waals surface area contributed by atoms with Crippen LogP contribution in [0.2, 0.25) is 0 Å². The summed E-state index contributed by atoms with van der Waals surface area (Å²) in [6.07, 6.45) is 7.17. The van der Waals surface area contributed by atoms with E-state index < -0.39 is 0 Å². The van der Waals surface area contributed by atoms with Crippen LogP contribution in [0.5, 0.6) is 11.5 Å². The van der Waals surface area contributed by atoms with Crippen molar-refractivity contribution in [2.24, 2.45) is 4.99 Å². The third-order valence-electron chi connectivity index (χ3n) is 4.32. The lowest BCUT2D eigenvalue weighted by Gasteiger charge is -2.14. The van der Waals surface area contributed by atoms with Crippen molar-refractivity contribution in [2.75, 3.05) is 33.5 Å². The van der Waals surface area contributed by atoms with Crippen molar-refractivity contribution in [2.45, 2.75) is 6.92 Å². The van der Waals surface area contributed by atoms with E-state index in [1.54, 1.807) is 12.0 Å². The number of methoxy groups -OCH3 is 1. The standard InChI is InChI=1S/C24H23IN2O4S/c1-4-12-31-22-19(25)14-17(15-20(22)30-5-2)16-21-23(28)27(11-13-29-3)24(32-21)26-18-9-7-6-8-10-18/h1,6-10,14-16H,5,11-13H2,2-3H3. The molecule has 0 aromatic heterocycles. The molecule has 2 aromatic carbocycles. The smallest absolute Gasteiger partial charge is 0.266 e. The highest BCUT2D eigenvalue weighted by molar-refractivity contribution is 14.1. The number of para-hydroxylation sites is 1. The van der Waals surface area contributed by atoms with Crippen molar-refractivity contribution in [3.05, 3.63) is 56.5 Å². The normalized spacial score (nSPS) is 15.9. The van der Waals surface area contributed by atoms with Gasteiger partial charge in [0.15, 0.2) is 16.7 Å². The molecule has 0 N–H and O–H groups in total. The number of halogens is 1. The van der Waals surface area contributed by atoms with E-state index in [9.17, 15) is 4.79 Å². The van der Waals surface area contributed by atoms with Crippen molar-refractivity contribution in [3.8, 4) is 23.8 Å². The second-order valence-corrected chi connectivity index (χ2v) is 8.72. The van der Waals surface area contributed by atoms with Gasteiger partial charge in [0.2, 0.25) is 0 Å². The fourth-order valence-electron chi connectivity index (χ4n) is 2.92. The first-order chi connectivity index (χ1) is 15.6. The van der Waals surface area contributed by atoms with Gasteiger partial charge in [-0.3, -0.25) is 9.69 Å². The van der Waals surface area contributed by atoms with E-state index in [1.165, 1.54) is 11.8 Å². The van der Waals surface area contributed by atoms with Crippen LogP contribution < -0.4 is 9.47 Å². The maximum absolute atomic E-state index is 13.1. The van der Waals surface area contributed by atoms with Gasteiger partial charge in [0.25, 0.3) is 5.91 Å². The minimum atomic E-state index is -0.109. The first kappa shape index (κ1) is 24.2. The number of rotatable bonds is 9. The number of hydrogen-bond donors (Lipinski definition) is 0. The van der Waals surface area contributed by atoms with Gasteiger partial charge < -0.3 is 14.2 Å². The summed E-state index contributed by atoms with van der Waals surface area (Å²) >= 11 is 3.52. The summed E-state index contributed by atoms with van der Waals surface area (Å²) in [5, 5.41) is 0.623. The van der Waals surface area contributed by atoms with E-state index in [2.05, 4.69) is 33.5 Å². The average molecular weight is 562 g/mol. The number of aliphatic imine (C=N–C) groups is 1. The highest BCUT2D eigenvalue weighted by Crippen LogP contribution is 2.38. The van der Waals surface area contributed by atoms with Gasteiger partial charge in [-0.25, -0.2) is 4.99 Å². The van der Waals surface area contributed by atoms with Crippen molar-refractivity contribution < 1.29 is 19.0 Å². The van der Waals surface area contributed by atoms with Gasteiger partial charge in [-0.1, -0.05) is 24.1 Å². The predicted octanol–water partition coefficient (Wildman–Crippen LogP) is 4.95. The number of amides is 1. The van der Waals surface area contributed by atoms with Crippen LogP contribution in [0.1, 0.15) is 12.5 Å². The van der Waals surface area contributed by atoms with Crippen molar-refractivity contribution in [3.63, 3.8) is 0 Å². The van der Waals surface area contributed by atoms with Gasteiger partial charge in [-0.15, -0.1) is 6.42 Å². The fraction of sp³-hybridized carbons (Fsp3) is 0.250. The van der Waals surface area contributed by atoms with Crippen LogP contribution in [0.25, 0.3) is 6.08 Å². The molecule has 0 bridgehead atoms. The van der Waals surface area contributed by atoms with Crippen LogP contribution in [-0.4, -0.2) is 49.4 Å². The third-order valence-corrected chi connectivity index (χ3v) is 6.13. The van der Waals surface area contributed by atoms with Crippen LogP contribution in [-0.2, 0) is 9.53 Å². The molecule has 1 aliphatic heterocycles. The van der Waals surface area contributed by atoms with Crippen LogP contribution in [0, 0.1) is 15.9 Å². The molecule has 0 spiro atoms. The first-order valence-electron chi connectivity index (χ1n) is 9.94. The lowest BCUT2D eigenvalue weighted by Crippen LogP contribution is -2.32. The molecule has 3 rings (SSSR count). The van der Waals surface area contributed by atoms with Gasteiger partial charge >= 0.3 is 0 Å². The zero-order chi connectivity index (χ0) is 22.9. The Balaban J connectivity index is 1.96. The maximum Gasteiger partial charge on any atom is 0.266 e. The van der Waals surface area contributed by atoms with Gasteiger partial charge in [0, 0.05) is 7.11 Å². The second kappa shape index (κ2) is 11.9. The van der Waals surface area contributed by atoms with E-state index in [4.69, 9.17) is 20.6 Å². The molecule has 0 unspecified atom stereocenters. The summed E-state index contributed by atoms with van der Waals surface area (Å²) in [6.45, 7) is 3.37. The minimum Gasteiger partial charge on any atom is -0.490 e. The Labute approximate surface area is 206 Å². The van der Waals surface area contributed by atoms with Crippen LogP contribution in [0.3, 0.4) is 0 Å². The molecule has 1 heterocycles. The number of carbonyl (C=O) groups is 1. The summed E-state index contributed by atoms with van der Waals surface area (Å²) in [5.41, 5.74) is 1.61. The lowest BCUT2D eigenvalue weighted by molar-refractivity contribution is -0.122. The Kier molecular flexibility index (Phi) is 9.02. The van der Waals surface area contributed by atoms with Gasteiger partial charge in [-0.2, -0.15) is 0 Å². The number of amidine groups is 1. The Morgan fingerprint density at radius 2 is 2.03 bits per heavy atom. The van der Waals surface area contributed by atoms with Gasteiger partial charge in [-0.05, 0) is 77.2 Å². The topological polar surface area (TPSA) is 60.4 Å². The van der Waals surface area contributed by atoms with Gasteiger partial charge in [0.05, 0.1) is 33.9 Å². The number of carbonyl (C=O) groups excluding carboxylic acids is 1. The second-order valence-electron chi connectivity index (χ2n) is 6.55. The number of nitrogens with zero attached hydrogens (tertiary/aromatic N) is 2. The fourth-order valence-corrected chi connectivity index (χ4v) is 4.73. The summed E-state index contributed by atoms with van der Waals surface area (Å²) in [4.78, 5) is 20.0. The molecule has 1 aliphatic rings. The van der Waals surface area contributed by atoms with Crippen molar-refractivity contribution in [1.29, 1.82) is 0 Å². The largest absolute Gasteiger partial charge is 0.490 e. The number of terminal acetylenes is 1. The maximum atomic E-state index is 13.1. The summed E-state index contributed by atoms with van der Waals surface area (Å²) in [5.74, 6) is 3.55. The van der Waals surface area contributed by atoms with E-state index >= 15 is 0 Å². The molecule has 0 atom stereocenters. The van der Waals surface area contributed by atoms with Crippen LogP contribution in [0.4, 0.5) is 5.69 Å². The highest BCUT2D eigenvalue weighted by Gasteiger charge is 2.33. The molecule has 6 nitrogen and oxygen atoms in total. The van der Waals surface area contributed by atoms with E-state index in [-0.39, 0.29) is 12.5 Å². The molecule has 1 amide bonds. The quantitative estimate of drug-likeness (QED) is 0.246. The van der Waals surface area contributed by atoms with E-state index in [0.717, 1.165) is 14.8 Å². The van der Waals surface area contributed by atoms with Crippen LogP contribution >= 0.6 is 34.4 Å². The molecule has 166 valence electrons. The summed E-state index contributed by atoms with van der Waals surface area (Å²) < 4.78 is 17.4. The Bertz CT molecular complexity index is 1060. The number of benzene rings is 2. The van der Waals surface area contributed by atoms with Crippen LogP contribution in [0.15, 0.2) is 52.4 Å². The van der Waals surface area contributed by atoms with E-state index in [0.29, 0.717) is 41.3 Å². The zero-order valence-electron chi connectivity index (χ0n) is 17.8. The Hall–Kier alpha value is -2.48. The Morgan fingerprint density at radius 1 is 1.25 bits per heavy atom. The molecule has 1 saturated heterocycles. The molecule has 8 heteroatoms. The minimum absolute atomic E-state index is 0.109. The average Bonchev–Trinajstić information content (AvgIpc) is 3.06. The molecule has 1 fully saturated rings. The molecule has 0 saturated carbocycles. The third kappa shape index (κ3) is 6.06. The predicted molar refractivity (Wildman–Crippen MR) is 137 cm³/mol. The molecule has 2 aromatic rings. The van der Waals surface area contributed by atoms with Crippen molar-refractivity contribution >= 4 is 57.2 Å².